The molecule has 0 aliphatic rings. The first-order chi connectivity index (χ1) is 9.09. The zero-order chi connectivity index (χ0) is 13.8. The maximum Gasteiger partial charge on any atom is 0.274 e. The highest BCUT2D eigenvalue weighted by Gasteiger charge is 2.22. The zero-order valence-corrected chi connectivity index (χ0v) is 13.2. The second-order valence-corrected chi connectivity index (χ2v) is 6.33. The van der Waals surface area contributed by atoms with Gasteiger partial charge in [0.25, 0.3) is 5.91 Å². The molecule has 100 valence electrons. The molecule has 0 spiro atoms. The highest BCUT2D eigenvalue weighted by molar-refractivity contribution is 9.10. The van der Waals surface area contributed by atoms with Crippen LogP contribution < -0.4 is 0 Å². The maximum absolute atomic E-state index is 12.6. The summed E-state index contributed by atoms with van der Waals surface area (Å²) in [4.78, 5) is 19.8. The van der Waals surface area contributed by atoms with Gasteiger partial charge < -0.3 is 4.90 Å². The Morgan fingerprint density at radius 3 is 2.79 bits per heavy atom. The van der Waals surface area contributed by atoms with Gasteiger partial charge >= 0.3 is 0 Å². The van der Waals surface area contributed by atoms with Crippen molar-refractivity contribution in [3.8, 4) is 0 Å². The third-order valence-electron chi connectivity index (χ3n) is 2.75. The number of amides is 1. The van der Waals surface area contributed by atoms with Gasteiger partial charge in [-0.25, -0.2) is 4.98 Å². The van der Waals surface area contributed by atoms with Gasteiger partial charge in [0.1, 0.15) is 5.69 Å². The van der Waals surface area contributed by atoms with Gasteiger partial charge in [0.2, 0.25) is 0 Å². The van der Waals surface area contributed by atoms with Crippen LogP contribution >= 0.6 is 27.3 Å². The molecule has 5 heteroatoms. The van der Waals surface area contributed by atoms with Crippen LogP contribution in [0.1, 0.15) is 29.2 Å². The Labute approximate surface area is 125 Å². The SMILES string of the molecule is CC(C)N(Cc1cccs1)C(=O)c1ncccc1Br. The number of carbonyl (C=O) groups excluding carboxylic acids is 1. The molecule has 0 fully saturated rings. The fourth-order valence-corrected chi connectivity index (χ4v) is 2.87. The average molecular weight is 339 g/mol. The van der Waals surface area contributed by atoms with Gasteiger partial charge in [0.15, 0.2) is 0 Å². The highest BCUT2D eigenvalue weighted by Crippen LogP contribution is 2.20. The number of hydrogen-bond acceptors (Lipinski definition) is 3. The Hall–Kier alpha value is -1.20. The number of aromatic nitrogens is 1. The summed E-state index contributed by atoms with van der Waals surface area (Å²) in [6, 6.07) is 7.81. The monoisotopic (exact) mass is 338 g/mol. The Bertz CT molecular complexity index is 554. The lowest BCUT2D eigenvalue weighted by molar-refractivity contribution is 0.0685. The van der Waals surface area contributed by atoms with E-state index in [9.17, 15) is 4.79 Å². The minimum atomic E-state index is -0.0455. The van der Waals surface area contributed by atoms with Gasteiger partial charge in [-0.05, 0) is 53.4 Å². The predicted molar refractivity (Wildman–Crippen MR) is 81.3 cm³/mol. The van der Waals surface area contributed by atoms with E-state index in [2.05, 4.69) is 20.9 Å². The highest BCUT2D eigenvalue weighted by atomic mass is 79.9. The quantitative estimate of drug-likeness (QED) is 0.845. The van der Waals surface area contributed by atoms with Crippen LogP contribution in [0, 0.1) is 0 Å². The smallest absolute Gasteiger partial charge is 0.274 e. The van der Waals surface area contributed by atoms with Crippen LogP contribution in [0.2, 0.25) is 0 Å². The van der Waals surface area contributed by atoms with Gasteiger partial charge in [-0.1, -0.05) is 6.07 Å². The van der Waals surface area contributed by atoms with Crippen molar-refractivity contribution in [3.05, 3.63) is 50.9 Å². The number of halogens is 1. The van der Waals surface area contributed by atoms with Crippen molar-refractivity contribution in [1.29, 1.82) is 0 Å². The summed E-state index contributed by atoms with van der Waals surface area (Å²) in [5, 5.41) is 2.02. The number of rotatable bonds is 4. The Morgan fingerprint density at radius 2 is 2.21 bits per heavy atom. The molecular formula is C14H15BrN2OS. The number of thiophene rings is 1. The molecule has 0 atom stereocenters. The summed E-state index contributed by atoms with van der Waals surface area (Å²) in [5.41, 5.74) is 0.466. The van der Waals surface area contributed by atoms with E-state index in [4.69, 9.17) is 0 Å². The molecule has 0 aliphatic heterocycles. The van der Waals surface area contributed by atoms with Crippen LogP contribution in [0.5, 0.6) is 0 Å². The first-order valence-electron chi connectivity index (χ1n) is 6.03. The van der Waals surface area contributed by atoms with Crippen molar-refractivity contribution in [2.45, 2.75) is 26.4 Å². The Morgan fingerprint density at radius 1 is 1.42 bits per heavy atom. The molecule has 19 heavy (non-hydrogen) atoms. The molecule has 2 heterocycles. The van der Waals surface area contributed by atoms with Crippen LogP contribution in [0.15, 0.2) is 40.3 Å². The summed E-state index contributed by atoms with van der Waals surface area (Å²) in [6.45, 7) is 4.65. The van der Waals surface area contributed by atoms with Gasteiger partial charge in [0, 0.05) is 21.6 Å². The van der Waals surface area contributed by atoms with Crippen LogP contribution in [-0.4, -0.2) is 21.8 Å². The van der Waals surface area contributed by atoms with E-state index in [1.807, 2.05) is 42.3 Å². The first kappa shape index (κ1) is 14.2. The van der Waals surface area contributed by atoms with Crippen molar-refractivity contribution in [1.82, 2.24) is 9.88 Å². The Balaban J connectivity index is 2.24. The van der Waals surface area contributed by atoms with Crippen molar-refractivity contribution in [2.24, 2.45) is 0 Å². The fourth-order valence-electron chi connectivity index (χ4n) is 1.74. The molecule has 2 rings (SSSR count). The molecular weight excluding hydrogens is 324 g/mol. The second kappa shape index (κ2) is 6.30. The lowest BCUT2D eigenvalue weighted by Gasteiger charge is -2.26. The van der Waals surface area contributed by atoms with E-state index in [0.717, 1.165) is 4.47 Å². The second-order valence-electron chi connectivity index (χ2n) is 4.44. The lowest BCUT2D eigenvalue weighted by atomic mass is 10.2. The van der Waals surface area contributed by atoms with E-state index in [-0.39, 0.29) is 11.9 Å². The number of hydrogen-bond donors (Lipinski definition) is 0. The summed E-state index contributed by atoms with van der Waals surface area (Å²) in [7, 11) is 0. The van der Waals surface area contributed by atoms with Crippen molar-refractivity contribution in [3.63, 3.8) is 0 Å². The molecule has 0 bridgehead atoms. The van der Waals surface area contributed by atoms with Gasteiger partial charge in [-0.15, -0.1) is 11.3 Å². The minimum absolute atomic E-state index is 0.0455. The third-order valence-corrected chi connectivity index (χ3v) is 4.25. The molecule has 0 N–H and O–H groups in total. The van der Waals surface area contributed by atoms with Crippen LogP contribution in [0.3, 0.4) is 0 Å². The molecule has 0 aromatic carbocycles. The van der Waals surface area contributed by atoms with E-state index < -0.39 is 0 Å². The van der Waals surface area contributed by atoms with Crippen LogP contribution in [-0.2, 0) is 6.54 Å². The zero-order valence-electron chi connectivity index (χ0n) is 10.8. The van der Waals surface area contributed by atoms with Gasteiger partial charge in [-0.3, -0.25) is 4.79 Å². The summed E-state index contributed by atoms with van der Waals surface area (Å²) >= 11 is 5.04. The molecule has 0 unspecified atom stereocenters. The molecule has 3 nitrogen and oxygen atoms in total. The maximum atomic E-state index is 12.6. The third kappa shape index (κ3) is 3.42. The molecule has 0 saturated carbocycles. The molecule has 0 aliphatic carbocycles. The van der Waals surface area contributed by atoms with Crippen molar-refractivity contribution >= 4 is 33.2 Å². The van der Waals surface area contributed by atoms with Gasteiger partial charge in [-0.2, -0.15) is 0 Å². The summed E-state index contributed by atoms with van der Waals surface area (Å²) < 4.78 is 0.733. The van der Waals surface area contributed by atoms with Crippen LogP contribution in [0.25, 0.3) is 0 Å². The number of pyridine rings is 1. The fraction of sp³-hybridized carbons (Fsp3) is 0.286. The number of carbonyl (C=O) groups is 1. The molecule has 1 amide bonds. The van der Waals surface area contributed by atoms with E-state index in [0.29, 0.717) is 12.2 Å². The van der Waals surface area contributed by atoms with Crippen molar-refractivity contribution < 1.29 is 4.79 Å². The normalized spacial score (nSPS) is 10.7. The largest absolute Gasteiger partial charge is 0.330 e. The molecule has 2 aromatic rings. The first-order valence-corrected chi connectivity index (χ1v) is 7.70. The van der Waals surface area contributed by atoms with Crippen molar-refractivity contribution in [2.75, 3.05) is 0 Å². The topological polar surface area (TPSA) is 33.2 Å². The van der Waals surface area contributed by atoms with E-state index >= 15 is 0 Å². The van der Waals surface area contributed by atoms with Crippen LogP contribution in [0.4, 0.5) is 0 Å². The predicted octanol–water partition coefficient (Wildman–Crippen LogP) is 3.96. The molecule has 0 radical (unpaired) electrons. The standard InChI is InChI=1S/C14H15BrN2OS/c1-10(2)17(9-11-5-4-8-19-11)14(18)13-12(15)6-3-7-16-13/h3-8,10H,9H2,1-2H3. The molecule has 0 saturated heterocycles. The molecule has 2 aromatic heterocycles. The Kier molecular flexibility index (Phi) is 4.71. The van der Waals surface area contributed by atoms with E-state index in [1.54, 1.807) is 23.6 Å². The summed E-state index contributed by atoms with van der Waals surface area (Å²) in [6.07, 6.45) is 1.64. The average Bonchev–Trinajstić information content (AvgIpc) is 2.88. The van der Waals surface area contributed by atoms with E-state index in [1.165, 1.54) is 4.88 Å². The number of nitrogens with zero attached hydrogens (tertiary/aromatic N) is 2. The lowest BCUT2D eigenvalue weighted by Crippen LogP contribution is -2.36. The minimum Gasteiger partial charge on any atom is -0.330 e. The summed E-state index contributed by atoms with van der Waals surface area (Å²) in [5.74, 6) is -0.0455. The van der Waals surface area contributed by atoms with Gasteiger partial charge in [0.05, 0.1) is 6.54 Å².